The summed E-state index contributed by atoms with van der Waals surface area (Å²) < 4.78 is 22.1. The maximum Gasteiger partial charge on any atom is 0.421 e. The van der Waals surface area contributed by atoms with Gasteiger partial charge in [0.2, 0.25) is 10.0 Å². The van der Waals surface area contributed by atoms with Crippen molar-refractivity contribution in [3.05, 3.63) is 12.2 Å². The number of nitrogens with zero attached hydrogens (tertiary/aromatic N) is 1. The van der Waals surface area contributed by atoms with Gasteiger partial charge < -0.3 is 5.11 Å². The third-order valence-corrected chi connectivity index (χ3v) is 2.63. The van der Waals surface area contributed by atoms with Crippen LogP contribution in [0.1, 0.15) is 0 Å². The van der Waals surface area contributed by atoms with E-state index in [9.17, 15) is 13.2 Å². The zero-order valence-corrected chi connectivity index (χ0v) is 8.60. The number of carbonyl (C=O) groups is 1. The van der Waals surface area contributed by atoms with Gasteiger partial charge in [-0.25, -0.2) is 17.5 Å². The van der Waals surface area contributed by atoms with Crippen LogP contribution in [0.15, 0.2) is 12.2 Å². The molecule has 0 saturated carbocycles. The van der Waals surface area contributed by atoms with Crippen molar-refractivity contribution >= 4 is 27.7 Å². The monoisotopic (exact) mass is 227 g/mol. The Hall–Kier alpha value is -0.750. The predicted octanol–water partition coefficient (Wildman–Crippen LogP) is 0.721. The summed E-state index contributed by atoms with van der Waals surface area (Å²) in [6.07, 6.45) is -0.725. The lowest BCUT2D eigenvalue weighted by Crippen LogP contribution is -2.36. The van der Waals surface area contributed by atoms with Crippen LogP contribution in [0.2, 0.25) is 0 Å². The molecule has 0 aromatic carbocycles. The number of alkyl halides is 1. The summed E-state index contributed by atoms with van der Waals surface area (Å²) in [5, 5.41) is 8.52. The highest BCUT2D eigenvalue weighted by Gasteiger charge is 2.22. The average molecular weight is 228 g/mol. The molecule has 0 radical (unpaired) electrons. The maximum absolute atomic E-state index is 10.9. The Kier molecular flexibility index (Phi) is 4.22. The minimum Gasteiger partial charge on any atom is -0.464 e. The van der Waals surface area contributed by atoms with Gasteiger partial charge >= 0.3 is 6.09 Å². The van der Waals surface area contributed by atoms with Gasteiger partial charge in [-0.1, -0.05) is 6.58 Å². The first kappa shape index (κ1) is 12.2. The largest absolute Gasteiger partial charge is 0.464 e. The number of hydrogen-bond donors (Lipinski definition) is 1. The van der Waals surface area contributed by atoms with Crippen LogP contribution in [-0.4, -0.2) is 42.6 Å². The van der Waals surface area contributed by atoms with Crippen LogP contribution >= 0.6 is 11.6 Å². The molecular weight excluding hydrogens is 218 g/mol. The zero-order valence-electron chi connectivity index (χ0n) is 7.03. The molecule has 5 nitrogen and oxygen atoms in total. The van der Waals surface area contributed by atoms with Crippen molar-refractivity contribution in [3.8, 4) is 0 Å². The van der Waals surface area contributed by atoms with Gasteiger partial charge in [0, 0.05) is 5.88 Å². The van der Waals surface area contributed by atoms with Gasteiger partial charge in [-0.15, -0.1) is 11.6 Å². The molecule has 0 saturated heterocycles. The molecule has 0 spiro atoms. The molecule has 0 aromatic rings. The Balaban J connectivity index is 4.66. The second-order valence-corrected chi connectivity index (χ2v) is 4.61. The quantitative estimate of drug-likeness (QED) is 0.567. The summed E-state index contributed by atoms with van der Waals surface area (Å²) in [6.45, 7) is 3.11. The molecular formula is C6H10ClNO4S. The topological polar surface area (TPSA) is 74.7 Å². The summed E-state index contributed by atoms with van der Waals surface area (Å²) >= 11 is 5.34. The van der Waals surface area contributed by atoms with Crippen molar-refractivity contribution < 1.29 is 18.3 Å². The lowest BCUT2D eigenvalue weighted by atomic mass is 10.3. The number of amides is 1. The Bertz CT molecular complexity index is 311. The Morgan fingerprint density at radius 1 is 1.62 bits per heavy atom. The molecule has 0 aromatic heterocycles. The number of hydrogen-bond acceptors (Lipinski definition) is 3. The van der Waals surface area contributed by atoms with E-state index in [1.165, 1.54) is 0 Å². The van der Waals surface area contributed by atoms with Crippen molar-refractivity contribution in [3.63, 3.8) is 0 Å². The van der Waals surface area contributed by atoms with Gasteiger partial charge in [-0.05, 0) is 5.57 Å². The van der Waals surface area contributed by atoms with E-state index in [1.54, 1.807) is 0 Å². The van der Waals surface area contributed by atoms with E-state index >= 15 is 0 Å². The lowest BCUT2D eigenvalue weighted by molar-refractivity contribution is 0.175. The first-order valence-electron chi connectivity index (χ1n) is 3.22. The Morgan fingerprint density at radius 3 is 2.31 bits per heavy atom. The van der Waals surface area contributed by atoms with Crippen LogP contribution in [0, 0.1) is 0 Å². The molecule has 0 aliphatic carbocycles. The summed E-state index contributed by atoms with van der Waals surface area (Å²) in [5.74, 6) is 0.0271. The van der Waals surface area contributed by atoms with E-state index in [0.29, 0.717) is 5.57 Å². The SMILES string of the molecule is C=C(CCl)CN(C(=O)O)S(C)(=O)=O. The molecule has 0 bridgehead atoms. The molecule has 0 aliphatic rings. The summed E-state index contributed by atoms with van der Waals surface area (Å²) in [6, 6.07) is 0. The maximum atomic E-state index is 10.9. The summed E-state index contributed by atoms with van der Waals surface area (Å²) in [4.78, 5) is 10.5. The second kappa shape index (κ2) is 4.48. The highest BCUT2D eigenvalue weighted by Crippen LogP contribution is 2.04. The minimum absolute atomic E-state index is 0.0271. The summed E-state index contributed by atoms with van der Waals surface area (Å²) in [5.41, 5.74) is 0.328. The van der Waals surface area contributed by atoms with Crippen LogP contribution in [0.25, 0.3) is 0 Å². The van der Waals surface area contributed by atoms with E-state index < -0.39 is 16.1 Å². The highest BCUT2D eigenvalue weighted by atomic mass is 35.5. The number of halogens is 1. The zero-order chi connectivity index (χ0) is 10.6. The molecule has 13 heavy (non-hydrogen) atoms. The number of rotatable bonds is 4. The molecule has 1 N–H and O–H groups in total. The molecule has 0 heterocycles. The standard InChI is InChI=1S/C6H10ClNO4S/c1-5(3-7)4-8(6(9)10)13(2,11)12/h1,3-4H2,2H3,(H,9,10). The van der Waals surface area contributed by atoms with E-state index in [2.05, 4.69) is 6.58 Å². The highest BCUT2D eigenvalue weighted by molar-refractivity contribution is 7.88. The van der Waals surface area contributed by atoms with Gasteiger partial charge in [0.05, 0.1) is 12.8 Å². The smallest absolute Gasteiger partial charge is 0.421 e. The molecule has 76 valence electrons. The van der Waals surface area contributed by atoms with Crippen LogP contribution in [0.3, 0.4) is 0 Å². The van der Waals surface area contributed by atoms with E-state index in [0.717, 1.165) is 6.26 Å². The van der Waals surface area contributed by atoms with Crippen molar-refractivity contribution in [2.24, 2.45) is 0 Å². The van der Waals surface area contributed by atoms with E-state index in [-0.39, 0.29) is 16.7 Å². The third-order valence-electron chi connectivity index (χ3n) is 1.17. The van der Waals surface area contributed by atoms with Crippen LogP contribution < -0.4 is 0 Å². The van der Waals surface area contributed by atoms with Gasteiger partial charge in [0.1, 0.15) is 0 Å². The Labute approximate surface area is 81.7 Å². The summed E-state index contributed by atoms with van der Waals surface area (Å²) in [7, 11) is -3.76. The van der Waals surface area contributed by atoms with Crippen LogP contribution in [-0.2, 0) is 10.0 Å². The average Bonchev–Trinajstić information content (AvgIpc) is 1.96. The van der Waals surface area contributed by atoms with E-state index in [4.69, 9.17) is 16.7 Å². The minimum atomic E-state index is -3.76. The fraction of sp³-hybridized carbons (Fsp3) is 0.500. The van der Waals surface area contributed by atoms with Crippen molar-refractivity contribution in [2.45, 2.75) is 0 Å². The first-order valence-corrected chi connectivity index (χ1v) is 5.60. The fourth-order valence-electron chi connectivity index (χ4n) is 0.572. The molecule has 0 fully saturated rings. The molecule has 0 aliphatic heterocycles. The normalized spacial score (nSPS) is 10.9. The van der Waals surface area contributed by atoms with Crippen molar-refractivity contribution in [2.75, 3.05) is 18.7 Å². The number of carboxylic acid groups (broad SMARTS) is 1. The van der Waals surface area contributed by atoms with Crippen molar-refractivity contribution in [1.29, 1.82) is 0 Å². The Morgan fingerprint density at radius 2 is 2.08 bits per heavy atom. The molecule has 7 heteroatoms. The second-order valence-electron chi connectivity index (χ2n) is 2.44. The van der Waals surface area contributed by atoms with Crippen LogP contribution in [0.4, 0.5) is 4.79 Å². The third kappa shape index (κ3) is 4.14. The molecule has 0 unspecified atom stereocenters. The van der Waals surface area contributed by atoms with Crippen LogP contribution in [0.5, 0.6) is 0 Å². The van der Waals surface area contributed by atoms with Gasteiger partial charge in [-0.2, -0.15) is 0 Å². The van der Waals surface area contributed by atoms with Crippen molar-refractivity contribution in [1.82, 2.24) is 4.31 Å². The molecule has 1 amide bonds. The van der Waals surface area contributed by atoms with Gasteiger partial charge in [0.15, 0.2) is 0 Å². The lowest BCUT2D eigenvalue weighted by Gasteiger charge is -2.16. The van der Waals surface area contributed by atoms with Gasteiger partial charge in [0.25, 0.3) is 0 Å². The van der Waals surface area contributed by atoms with Gasteiger partial charge in [-0.3, -0.25) is 0 Å². The first-order chi connectivity index (χ1) is 5.79. The number of sulfonamides is 1. The molecule has 0 rings (SSSR count). The fourth-order valence-corrected chi connectivity index (χ4v) is 1.36. The van der Waals surface area contributed by atoms with E-state index in [1.807, 2.05) is 0 Å². The molecule has 0 atom stereocenters. The predicted molar refractivity (Wildman–Crippen MR) is 49.4 cm³/mol.